The SMILES string of the molecule is Cc1nsc(SCc2nc(NN)c3c(C)c(C)sc3n2)n1. The smallest absolute Gasteiger partial charge is 0.170 e. The first kappa shape index (κ1) is 14.6. The number of hydrazine groups is 1. The van der Waals surface area contributed by atoms with Gasteiger partial charge < -0.3 is 5.43 Å². The van der Waals surface area contributed by atoms with Gasteiger partial charge in [0.1, 0.15) is 16.5 Å². The molecule has 0 spiro atoms. The van der Waals surface area contributed by atoms with Crippen molar-refractivity contribution in [3.63, 3.8) is 0 Å². The minimum atomic E-state index is 0.648. The third kappa shape index (κ3) is 2.86. The Morgan fingerprint density at radius 3 is 2.67 bits per heavy atom. The van der Waals surface area contributed by atoms with Gasteiger partial charge in [0.05, 0.1) is 11.1 Å². The summed E-state index contributed by atoms with van der Waals surface area (Å²) < 4.78 is 5.09. The summed E-state index contributed by atoms with van der Waals surface area (Å²) in [6.07, 6.45) is 0. The normalized spacial score (nSPS) is 11.2. The maximum atomic E-state index is 5.61. The maximum absolute atomic E-state index is 5.61. The number of nitrogens with zero attached hydrogens (tertiary/aromatic N) is 4. The summed E-state index contributed by atoms with van der Waals surface area (Å²) in [7, 11) is 0. The van der Waals surface area contributed by atoms with Crippen LogP contribution in [0.5, 0.6) is 0 Å². The molecule has 21 heavy (non-hydrogen) atoms. The van der Waals surface area contributed by atoms with E-state index < -0.39 is 0 Å². The van der Waals surface area contributed by atoms with Crippen LogP contribution in [0, 0.1) is 20.8 Å². The summed E-state index contributed by atoms with van der Waals surface area (Å²) in [6, 6.07) is 0. The Bertz CT molecular complexity index is 794. The van der Waals surface area contributed by atoms with Crippen molar-refractivity contribution >= 4 is 50.7 Å². The first-order valence-electron chi connectivity index (χ1n) is 6.25. The van der Waals surface area contributed by atoms with Gasteiger partial charge in [-0.2, -0.15) is 4.37 Å². The first-order chi connectivity index (χ1) is 10.1. The molecule has 3 aromatic rings. The highest BCUT2D eigenvalue weighted by molar-refractivity contribution is 8.00. The van der Waals surface area contributed by atoms with Gasteiger partial charge in [-0.25, -0.2) is 20.8 Å². The molecule has 3 aromatic heterocycles. The molecule has 9 heteroatoms. The van der Waals surface area contributed by atoms with Gasteiger partial charge in [0.15, 0.2) is 10.2 Å². The number of nitrogens with one attached hydrogen (secondary N) is 1. The van der Waals surface area contributed by atoms with Crippen molar-refractivity contribution in [2.45, 2.75) is 30.9 Å². The van der Waals surface area contributed by atoms with E-state index in [1.165, 1.54) is 22.0 Å². The van der Waals surface area contributed by atoms with E-state index in [1.54, 1.807) is 23.1 Å². The molecule has 0 aromatic carbocycles. The molecule has 0 unspecified atom stereocenters. The lowest BCUT2D eigenvalue weighted by atomic mass is 10.2. The van der Waals surface area contributed by atoms with Crippen molar-refractivity contribution in [3.8, 4) is 0 Å². The van der Waals surface area contributed by atoms with Gasteiger partial charge in [0, 0.05) is 4.88 Å². The van der Waals surface area contributed by atoms with Crippen LogP contribution < -0.4 is 11.3 Å². The molecular weight excluding hydrogens is 324 g/mol. The second-order valence-electron chi connectivity index (χ2n) is 4.49. The zero-order valence-electron chi connectivity index (χ0n) is 11.8. The van der Waals surface area contributed by atoms with Crippen molar-refractivity contribution in [3.05, 3.63) is 22.1 Å². The van der Waals surface area contributed by atoms with Crippen molar-refractivity contribution in [2.75, 3.05) is 5.43 Å². The molecule has 6 nitrogen and oxygen atoms in total. The molecule has 0 fully saturated rings. The van der Waals surface area contributed by atoms with E-state index in [1.807, 2.05) is 6.92 Å². The van der Waals surface area contributed by atoms with Crippen LogP contribution in [0.3, 0.4) is 0 Å². The molecule has 0 aliphatic carbocycles. The fraction of sp³-hybridized carbons (Fsp3) is 0.333. The van der Waals surface area contributed by atoms with Gasteiger partial charge in [0.2, 0.25) is 0 Å². The van der Waals surface area contributed by atoms with E-state index in [9.17, 15) is 0 Å². The van der Waals surface area contributed by atoms with Crippen molar-refractivity contribution in [1.29, 1.82) is 0 Å². The number of thioether (sulfide) groups is 1. The summed E-state index contributed by atoms with van der Waals surface area (Å²) in [6.45, 7) is 6.04. The van der Waals surface area contributed by atoms with Crippen LogP contribution in [0.2, 0.25) is 0 Å². The van der Waals surface area contributed by atoms with Crippen LogP contribution in [-0.4, -0.2) is 19.3 Å². The second kappa shape index (κ2) is 5.84. The number of aryl methyl sites for hydroxylation is 3. The lowest BCUT2D eigenvalue weighted by Gasteiger charge is -2.05. The van der Waals surface area contributed by atoms with Crippen molar-refractivity contribution in [1.82, 2.24) is 19.3 Å². The third-order valence-corrected chi connectivity index (χ3v) is 6.07. The Hall–Kier alpha value is -1.29. The number of hydrogen-bond acceptors (Lipinski definition) is 9. The van der Waals surface area contributed by atoms with Gasteiger partial charge in [-0.1, -0.05) is 11.8 Å². The largest absolute Gasteiger partial charge is 0.308 e. The van der Waals surface area contributed by atoms with Gasteiger partial charge in [-0.3, -0.25) is 0 Å². The number of rotatable bonds is 4. The number of anilines is 1. The monoisotopic (exact) mass is 338 g/mol. The van der Waals surface area contributed by atoms with Crippen LogP contribution in [0.25, 0.3) is 10.2 Å². The summed E-state index contributed by atoms with van der Waals surface area (Å²) >= 11 is 4.65. The van der Waals surface area contributed by atoms with Crippen molar-refractivity contribution in [2.24, 2.45) is 5.84 Å². The van der Waals surface area contributed by atoms with Gasteiger partial charge >= 0.3 is 0 Å². The van der Waals surface area contributed by atoms with Crippen LogP contribution in [0.15, 0.2) is 4.34 Å². The quantitative estimate of drug-likeness (QED) is 0.429. The molecule has 110 valence electrons. The predicted octanol–water partition coefficient (Wildman–Crippen LogP) is 3.05. The number of aromatic nitrogens is 4. The van der Waals surface area contributed by atoms with E-state index >= 15 is 0 Å². The Labute approximate surface area is 134 Å². The maximum Gasteiger partial charge on any atom is 0.170 e. The number of thiophene rings is 1. The van der Waals surface area contributed by atoms with Crippen LogP contribution in [0.4, 0.5) is 5.82 Å². The van der Waals surface area contributed by atoms with E-state index in [4.69, 9.17) is 5.84 Å². The fourth-order valence-corrected chi connectivity index (χ4v) is 4.48. The molecule has 3 N–H and O–H groups in total. The lowest BCUT2D eigenvalue weighted by molar-refractivity contribution is 1.06. The highest BCUT2D eigenvalue weighted by Gasteiger charge is 2.14. The standard InChI is InChI=1S/C12H14N6S3/c1-5-6(2)20-11-9(5)10(17-13)15-8(16-11)4-19-12-14-7(3)18-21-12/h4,13H2,1-3H3,(H,15,16,17). The molecule has 0 bridgehead atoms. The first-order valence-corrected chi connectivity index (χ1v) is 8.82. The number of hydrogen-bond donors (Lipinski definition) is 2. The third-order valence-electron chi connectivity index (χ3n) is 3.05. The minimum absolute atomic E-state index is 0.648. The molecule has 3 rings (SSSR count). The number of fused-ring (bicyclic) bond motifs is 1. The molecule has 0 saturated heterocycles. The minimum Gasteiger partial charge on any atom is -0.308 e. The molecule has 3 heterocycles. The second-order valence-corrected chi connectivity index (χ2v) is 7.67. The van der Waals surface area contributed by atoms with E-state index in [0.29, 0.717) is 11.6 Å². The average molecular weight is 338 g/mol. The van der Waals surface area contributed by atoms with Crippen LogP contribution >= 0.6 is 34.6 Å². The van der Waals surface area contributed by atoms with Gasteiger partial charge in [-0.15, -0.1) is 11.3 Å². The summed E-state index contributed by atoms with van der Waals surface area (Å²) in [5.74, 6) is 8.49. The van der Waals surface area contributed by atoms with E-state index in [-0.39, 0.29) is 0 Å². The van der Waals surface area contributed by atoms with E-state index in [0.717, 1.165) is 26.2 Å². The van der Waals surface area contributed by atoms with Crippen molar-refractivity contribution < 1.29 is 0 Å². The molecule has 0 aliphatic rings. The Kier molecular flexibility index (Phi) is 4.07. The zero-order chi connectivity index (χ0) is 15.0. The van der Waals surface area contributed by atoms with Crippen LogP contribution in [-0.2, 0) is 5.75 Å². The number of nitrogens with two attached hydrogens (primary N) is 1. The molecule has 0 aliphatic heterocycles. The van der Waals surface area contributed by atoms with Crippen LogP contribution in [0.1, 0.15) is 22.1 Å². The summed E-state index contributed by atoms with van der Waals surface area (Å²) in [4.78, 5) is 15.7. The summed E-state index contributed by atoms with van der Waals surface area (Å²) in [5, 5.41) is 1.01. The van der Waals surface area contributed by atoms with Gasteiger partial charge in [0.25, 0.3) is 0 Å². The molecule has 0 saturated carbocycles. The Balaban J connectivity index is 1.92. The molecule has 0 radical (unpaired) electrons. The lowest BCUT2D eigenvalue weighted by Crippen LogP contribution is -2.10. The fourth-order valence-electron chi connectivity index (χ4n) is 1.93. The number of nitrogen functional groups attached to an aromatic ring is 1. The van der Waals surface area contributed by atoms with E-state index in [2.05, 4.69) is 38.6 Å². The summed E-state index contributed by atoms with van der Waals surface area (Å²) in [5.41, 5.74) is 3.87. The Morgan fingerprint density at radius 1 is 1.19 bits per heavy atom. The predicted molar refractivity (Wildman–Crippen MR) is 88.9 cm³/mol. The van der Waals surface area contributed by atoms with Gasteiger partial charge in [-0.05, 0) is 37.9 Å². The molecule has 0 amide bonds. The zero-order valence-corrected chi connectivity index (χ0v) is 14.2. The highest BCUT2D eigenvalue weighted by atomic mass is 32.2. The Morgan fingerprint density at radius 2 is 2.00 bits per heavy atom. The highest BCUT2D eigenvalue weighted by Crippen LogP contribution is 2.33. The molecular formula is C12H14N6S3. The topological polar surface area (TPSA) is 89.6 Å². The molecule has 0 atom stereocenters. The average Bonchev–Trinajstić information content (AvgIpc) is 3.00.